The monoisotopic (exact) mass is 576 g/mol. The van der Waals surface area contributed by atoms with Crippen molar-refractivity contribution in [1.82, 2.24) is 24.6 Å². The first-order valence-corrected chi connectivity index (χ1v) is 13.8. The van der Waals surface area contributed by atoms with Crippen molar-refractivity contribution in [3.8, 4) is 11.6 Å². The molecule has 0 amide bonds. The molecule has 41 heavy (non-hydrogen) atoms. The number of halogens is 1. The van der Waals surface area contributed by atoms with Gasteiger partial charge in [-0.3, -0.25) is 0 Å². The summed E-state index contributed by atoms with van der Waals surface area (Å²) in [6, 6.07) is 5.72. The van der Waals surface area contributed by atoms with Crippen LogP contribution in [0.3, 0.4) is 0 Å². The lowest BCUT2D eigenvalue weighted by Crippen LogP contribution is -2.16. The standard InChI is InChI=1S/C31H37ClN6O3/c1-17(2)28-26(27(30(39)40)35-38(28)25-15-33-31(36(6)7)34-29(25)41-9)20(5)23-11-10-22(32)13-21(23)14-24-19(4)12-18(3)16-37(24)8/h10-17,20H,1-9H3,(H,39,40). The first kappa shape index (κ1) is 29.9. The van der Waals surface area contributed by atoms with Gasteiger partial charge in [0.25, 0.3) is 0 Å². The SMILES string of the molecule is COc1nc(N(C)C)ncc1-n1nc(C(=O)O)c(C(C)c2ccc(Cl)cc2C=C2C(C)=CC(C)=CN2C)c1C(C)C. The van der Waals surface area contributed by atoms with E-state index in [2.05, 4.69) is 52.2 Å². The van der Waals surface area contributed by atoms with E-state index in [1.165, 1.54) is 12.7 Å². The number of likely N-dealkylation sites (N-methyl/N-ethyl adjacent to an activating group) is 1. The van der Waals surface area contributed by atoms with Crippen LogP contribution in [0.2, 0.25) is 5.02 Å². The van der Waals surface area contributed by atoms with Crippen LogP contribution in [-0.2, 0) is 0 Å². The molecule has 0 saturated carbocycles. The van der Waals surface area contributed by atoms with Gasteiger partial charge in [-0.2, -0.15) is 10.1 Å². The number of carbonyl (C=O) groups is 1. The number of carboxylic acids is 1. The molecule has 9 nitrogen and oxygen atoms in total. The number of aromatic carboxylic acids is 1. The minimum atomic E-state index is -1.11. The molecule has 1 atom stereocenters. The van der Waals surface area contributed by atoms with Gasteiger partial charge in [0.2, 0.25) is 11.8 Å². The molecule has 216 valence electrons. The number of hydrogen-bond acceptors (Lipinski definition) is 7. The number of nitrogens with zero attached hydrogens (tertiary/aromatic N) is 6. The predicted molar refractivity (Wildman–Crippen MR) is 163 cm³/mol. The Kier molecular flexibility index (Phi) is 8.58. The molecule has 1 aromatic carbocycles. The van der Waals surface area contributed by atoms with Gasteiger partial charge in [0.05, 0.1) is 19.0 Å². The number of ether oxygens (including phenoxy) is 1. The van der Waals surface area contributed by atoms with Crippen LogP contribution in [0, 0.1) is 0 Å². The van der Waals surface area contributed by atoms with Crippen molar-refractivity contribution in [3.63, 3.8) is 0 Å². The van der Waals surface area contributed by atoms with Crippen LogP contribution in [0.4, 0.5) is 5.95 Å². The molecule has 0 saturated heterocycles. The van der Waals surface area contributed by atoms with Crippen molar-refractivity contribution in [2.45, 2.75) is 46.5 Å². The highest BCUT2D eigenvalue weighted by Gasteiger charge is 2.31. The third kappa shape index (κ3) is 5.86. The molecule has 1 N–H and O–H groups in total. The number of methoxy groups -OCH3 is 1. The largest absolute Gasteiger partial charge is 0.479 e. The molecule has 2 aromatic heterocycles. The van der Waals surface area contributed by atoms with Gasteiger partial charge in [-0.1, -0.05) is 44.5 Å². The third-order valence-electron chi connectivity index (χ3n) is 7.12. The van der Waals surface area contributed by atoms with Gasteiger partial charge in [-0.25, -0.2) is 14.5 Å². The molecule has 10 heteroatoms. The van der Waals surface area contributed by atoms with Gasteiger partial charge in [0.1, 0.15) is 5.69 Å². The van der Waals surface area contributed by atoms with E-state index in [-0.39, 0.29) is 17.5 Å². The Balaban J connectivity index is 1.95. The maximum absolute atomic E-state index is 12.6. The van der Waals surface area contributed by atoms with Crippen molar-refractivity contribution < 1.29 is 14.6 Å². The Morgan fingerprint density at radius 2 is 1.90 bits per heavy atom. The second-order valence-corrected chi connectivity index (χ2v) is 11.3. The minimum Gasteiger partial charge on any atom is -0.479 e. The number of anilines is 1. The molecule has 0 fully saturated rings. The zero-order chi connectivity index (χ0) is 30.2. The van der Waals surface area contributed by atoms with Crippen LogP contribution in [0.25, 0.3) is 11.8 Å². The van der Waals surface area contributed by atoms with Crippen LogP contribution in [0.15, 0.2) is 53.5 Å². The van der Waals surface area contributed by atoms with Gasteiger partial charge in [-0.15, -0.1) is 0 Å². The third-order valence-corrected chi connectivity index (χ3v) is 7.35. The van der Waals surface area contributed by atoms with Gasteiger partial charge in [-0.05, 0) is 60.2 Å². The highest BCUT2D eigenvalue weighted by atomic mass is 35.5. The lowest BCUT2D eigenvalue weighted by atomic mass is 9.85. The number of rotatable bonds is 8. The Morgan fingerprint density at radius 1 is 1.20 bits per heavy atom. The molecule has 1 unspecified atom stereocenters. The summed E-state index contributed by atoms with van der Waals surface area (Å²) in [5, 5.41) is 15.5. The van der Waals surface area contributed by atoms with Gasteiger partial charge in [0, 0.05) is 49.5 Å². The summed E-state index contributed by atoms with van der Waals surface area (Å²) in [6.45, 7) is 10.2. The van der Waals surface area contributed by atoms with Crippen molar-refractivity contribution in [2.75, 3.05) is 33.2 Å². The molecule has 3 heterocycles. The second-order valence-electron chi connectivity index (χ2n) is 10.8. The van der Waals surface area contributed by atoms with E-state index in [4.69, 9.17) is 16.3 Å². The molecular formula is C31H37ClN6O3. The Hall–Kier alpha value is -4.11. The average Bonchev–Trinajstić information content (AvgIpc) is 3.31. The highest BCUT2D eigenvalue weighted by Crippen LogP contribution is 2.39. The average molecular weight is 577 g/mol. The van der Waals surface area contributed by atoms with Crippen molar-refractivity contribution in [1.29, 1.82) is 0 Å². The fraction of sp³-hybridized carbons (Fsp3) is 0.355. The van der Waals surface area contributed by atoms with Crippen LogP contribution in [0.1, 0.15) is 79.3 Å². The Morgan fingerprint density at radius 3 is 2.49 bits per heavy atom. The quantitative estimate of drug-likeness (QED) is 0.324. The van der Waals surface area contributed by atoms with Crippen LogP contribution >= 0.6 is 11.6 Å². The molecule has 0 spiro atoms. The van der Waals surface area contributed by atoms with E-state index in [0.717, 1.165) is 28.1 Å². The van der Waals surface area contributed by atoms with Crippen LogP contribution in [-0.4, -0.2) is 64.0 Å². The van der Waals surface area contributed by atoms with Gasteiger partial charge >= 0.3 is 5.97 Å². The molecule has 3 aromatic rings. The van der Waals surface area contributed by atoms with E-state index < -0.39 is 5.97 Å². The lowest BCUT2D eigenvalue weighted by molar-refractivity contribution is 0.0688. The van der Waals surface area contributed by atoms with Crippen molar-refractivity contribution >= 4 is 29.6 Å². The van der Waals surface area contributed by atoms with Gasteiger partial charge < -0.3 is 19.6 Å². The Bertz CT molecular complexity index is 1580. The summed E-state index contributed by atoms with van der Waals surface area (Å²) in [5.74, 6) is -0.760. The smallest absolute Gasteiger partial charge is 0.356 e. The molecule has 1 aliphatic heterocycles. The van der Waals surface area contributed by atoms with Crippen molar-refractivity contribution in [2.24, 2.45) is 0 Å². The van der Waals surface area contributed by atoms with E-state index in [9.17, 15) is 9.90 Å². The first-order chi connectivity index (χ1) is 19.3. The lowest BCUT2D eigenvalue weighted by Gasteiger charge is -2.25. The second kappa shape index (κ2) is 11.8. The summed E-state index contributed by atoms with van der Waals surface area (Å²) in [6.07, 6.45) is 7.93. The summed E-state index contributed by atoms with van der Waals surface area (Å²) in [5.41, 5.74) is 6.96. The molecule has 4 rings (SSSR count). The fourth-order valence-electron chi connectivity index (χ4n) is 5.32. The number of carboxylic acid groups (broad SMARTS) is 1. The highest BCUT2D eigenvalue weighted by molar-refractivity contribution is 6.30. The van der Waals surface area contributed by atoms with E-state index in [1.807, 2.05) is 60.1 Å². The van der Waals surface area contributed by atoms with Crippen LogP contribution < -0.4 is 9.64 Å². The summed E-state index contributed by atoms with van der Waals surface area (Å²) in [7, 11) is 7.21. The number of benzene rings is 1. The summed E-state index contributed by atoms with van der Waals surface area (Å²) < 4.78 is 7.21. The Labute approximate surface area is 246 Å². The zero-order valence-electron chi connectivity index (χ0n) is 25.0. The number of aromatic nitrogens is 4. The van der Waals surface area contributed by atoms with Crippen molar-refractivity contribution in [3.05, 3.63) is 86.6 Å². The number of hydrogen-bond donors (Lipinski definition) is 1. The molecular weight excluding hydrogens is 540 g/mol. The molecule has 0 radical (unpaired) electrons. The van der Waals surface area contributed by atoms with Crippen LogP contribution in [0.5, 0.6) is 5.88 Å². The van der Waals surface area contributed by atoms with E-state index >= 15 is 0 Å². The molecule has 1 aliphatic rings. The molecule has 0 aliphatic carbocycles. The topological polar surface area (TPSA) is 96.6 Å². The normalized spacial score (nSPS) is 15.2. The van der Waals surface area contributed by atoms with E-state index in [1.54, 1.807) is 15.8 Å². The summed E-state index contributed by atoms with van der Waals surface area (Å²) >= 11 is 6.49. The maximum atomic E-state index is 12.6. The molecule has 0 bridgehead atoms. The fourth-order valence-corrected chi connectivity index (χ4v) is 5.50. The first-order valence-electron chi connectivity index (χ1n) is 13.4. The maximum Gasteiger partial charge on any atom is 0.356 e. The van der Waals surface area contributed by atoms with Gasteiger partial charge in [0.15, 0.2) is 5.69 Å². The predicted octanol–water partition coefficient (Wildman–Crippen LogP) is 6.50. The summed E-state index contributed by atoms with van der Waals surface area (Å²) in [4.78, 5) is 25.5. The zero-order valence-corrected chi connectivity index (χ0v) is 25.8. The number of allylic oxidation sites excluding steroid dienone is 3. The van der Waals surface area contributed by atoms with E-state index in [0.29, 0.717) is 28.1 Å². The minimum absolute atomic E-state index is 0.0297.